The van der Waals surface area contributed by atoms with Crippen molar-refractivity contribution in [3.8, 4) is 11.4 Å². The number of nitrogens with zero attached hydrogens (tertiary/aromatic N) is 2. The monoisotopic (exact) mass is 187 g/mol. The van der Waals surface area contributed by atoms with E-state index >= 15 is 0 Å². The first-order chi connectivity index (χ1) is 6.75. The highest BCUT2D eigenvalue weighted by Crippen LogP contribution is 2.11. The van der Waals surface area contributed by atoms with Crippen LogP contribution in [0.15, 0.2) is 35.3 Å². The zero-order chi connectivity index (χ0) is 9.97. The van der Waals surface area contributed by atoms with Gasteiger partial charge in [-0.25, -0.2) is 9.78 Å². The Hall–Kier alpha value is -1.97. The maximum Gasteiger partial charge on any atom is 0.345 e. The molecular formula is C10H9N3O. The molecule has 14 heavy (non-hydrogen) atoms. The smallest absolute Gasteiger partial charge is 0.304 e. The average Bonchev–Trinajstić information content (AvgIpc) is 2.18. The summed E-state index contributed by atoms with van der Waals surface area (Å²) in [5, 5.41) is 0. The summed E-state index contributed by atoms with van der Waals surface area (Å²) in [6.07, 6.45) is 1.47. The van der Waals surface area contributed by atoms with Gasteiger partial charge in [-0.1, -0.05) is 6.07 Å². The van der Waals surface area contributed by atoms with Gasteiger partial charge in [-0.2, -0.15) is 0 Å². The summed E-state index contributed by atoms with van der Waals surface area (Å²) in [7, 11) is 0. The van der Waals surface area contributed by atoms with E-state index in [4.69, 9.17) is 0 Å². The van der Waals surface area contributed by atoms with E-state index in [9.17, 15) is 4.79 Å². The second kappa shape index (κ2) is 3.41. The Bertz CT molecular complexity index is 504. The number of rotatable bonds is 1. The van der Waals surface area contributed by atoms with Crippen molar-refractivity contribution >= 4 is 0 Å². The molecule has 1 N–H and O–H groups in total. The maximum absolute atomic E-state index is 11.0. The van der Waals surface area contributed by atoms with Crippen molar-refractivity contribution in [3.63, 3.8) is 0 Å². The van der Waals surface area contributed by atoms with Gasteiger partial charge in [-0.3, -0.25) is 4.98 Å². The molecule has 0 saturated carbocycles. The molecule has 2 heterocycles. The molecule has 4 heteroatoms. The van der Waals surface area contributed by atoms with Gasteiger partial charge < -0.3 is 4.98 Å². The summed E-state index contributed by atoms with van der Waals surface area (Å²) in [5.41, 5.74) is 2.00. The summed E-state index contributed by atoms with van der Waals surface area (Å²) >= 11 is 0. The summed E-state index contributed by atoms with van der Waals surface area (Å²) in [6, 6.07) is 7.38. The number of hydrogen-bond acceptors (Lipinski definition) is 3. The van der Waals surface area contributed by atoms with Gasteiger partial charge in [0.2, 0.25) is 0 Å². The van der Waals surface area contributed by atoms with Crippen molar-refractivity contribution in [1.29, 1.82) is 0 Å². The highest BCUT2D eigenvalue weighted by atomic mass is 16.1. The summed E-state index contributed by atoms with van der Waals surface area (Å²) < 4.78 is 0. The fourth-order valence-corrected chi connectivity index (χ4v) is 1.21. The maximum atomic E-state index is 11.0. The van der Waals surface area contributed by atoms with Crippen molar-refractivity contribution in [2.75, 3.05) is 0 Å². The van der Waals surface area contributed by atoms with Crippen LogP contribution in [-0.4, -0.2) is 15.0 Å². The number of hydrogen-bond donors (Lipinski definition) is 1. The van der Waals surface area contributed by atoms with Gasteiger partial charge in [0.15, 0.2) is 0 Å². The first kappa shape index (κ1) is 8.62. The lowest BCUT2D eigenvalue weighted by atomic mass is 10.2. The quantitative estimate of drug-likeness (QED) is 0.728. The first-order valence-electron chi connectivity index (χ1n) is 4.25. The van der Waals surface area contributed by atoms with Crippen LogP contribution in [0.4, 0.5) is 0 Å². The van der Waals surface area contributed by atoms with E-state index in [1.54, 1.807) is 6.07 Å². The van der Waals surface area contributed by atoms with E-state index in [-0.39, 0.29) is 5.69 Å². The second-order valence-electron chi connectivity index (χ2n) is 2.95. The summed E-state index contributed by atoms with van der Waals surface area (Å²) in [4.78, 5) is 21.4. The molecule has 0 aliphatic rings. The molecule has 0 fully saturated rings. The van der Waals surface area contributed by atoms with Crippen LogP contribution in [0.1, 0.15) is 5.69 Å². The summed E-state index contributed by atoms with van der Waals surface area (Å²) in [5.74, 6) is 0. The number of aromatic nitrogens is 3. The highest BCUT2D eigenvalue weighted by Gasteiger charge is 1.99. The molecule has 0 radical (unpaired) electrons. The minimum Gasteiger partial charge on any atom is -0.304 e. The fourth-order valence-electron chi connectivity index (χ4n) is 1.21. The van der Waals surface area contributed by atoms with Gasteiger partial charge in [0, 0.05) is 11.9 Å². The van der Waals surface area contributed by atoms with Gasteiger partial charge in [-0.15, -0.1) is 0 Å². The number of aryl methyl sites for hydroxylation is 1. The third kappa shape index (κ3) is 1.69. The average molecular weight is 187 g/mol. The van der Waals surface area contributed by atoms with Crippen molar-refractivity contribution < 1.29 is 0 Å². The van der Waals surface area contributed by atoms with Crippen LogP contribution in [0.2, 0.25) is 0 Å². The molecule has 2 aromatic heterocycles. The molecule has 0 aliphatic heterocycles. The van der Waals surface area contributed by atoms with Crippen LogP contribution in [0.25, 0.3) is 11.4 Å². The minimum atomic E-state index is -0.356. The third-order valence-corrected chi connectivity index (χ3v) is 1.84. The van der Waals surface area contributed by atoms with E-state index in [1.165, 1.54) is 6.20 Å². The van der Waals surface area contributed by atoms with Crippen LogP contribution in [0.3, 0.4) is 0 Å². The van der Waals surface area contributed by atoms with Gasteiger partial charge in [0.05, 0.1) is 11.4 Å². The highest BCUT2D eigenvalue weighted by molar-refractivity contribution is 5.52. The zero-order valence-electron chi connectivity index (χ0n) is 7.69. The molecule has 0 aliphatic carbocycles. The molecule has 2 aromatic rings. The largest absolute Gasteiger partial charge is 0.345 e. The Morgan fingerprint density at radius 1 is 1.29 bits per heavy atom. The molecule has 0 bridgehead atoms. The lowest BCUT2D eigenvalue weighted by Crippen LogP contribution is -2.09. The van der Waals surface area contributed by atoms with E-state index in [2.05, 4.69) is 15.0 Å². The zero-order valence-corrected chi connectivity index (χ0v) is 7.69. The van der Waals surface area contributed by atoms with Gasteiger partial charge in [0.25, 0.3) is 0 Å². The normalized spacial score (nSPS) is 10.1. The molecule has 0 unspecified atom stereocenters. The molecule has 0 saturated heterocycles. The lowest BCUT2D eigenvalue weighted by Gasteiger charge is -2.00. The minimum absolute atomic E-state index is 0.356. The van der Waals surface area contributed by atoms with Crippen LogP contribution in [0, 0.1) is 6.92 Å². The van der Waals surface area contributed by atoms with Gasteiger partial charge in [0.1, 0.15) is 0 Å². The number of H-pyrrole nitrogens is 1. The molecule has 0 atom stereocenters. The lowest BCUT2D eigenvalue weighted by molar-refractivity contribution is 1.06. The fraction of sp³-hybridized carbons (Fsp3) is 0.100. The Labute approximate surface area is 80.7 Å². The van der Waals surface area contributed by atoms with Crippen LogP contribution >= 0.6 is 0 Å². The van der Waals surface area contributed by atoms with Crippen LogP contribution in [0.5, 0.6) is 0 Å². The SMILES string of the molecule is Cc1cccc(-c2ccnc(=O)[nH]2)n1. The van der Waals surface area contributed by atoms with Gasteiger partial charge in [-0.05, 0) is 25.1 Å². The van der Waals surface area contributed by atoms with Crippen molar-refractivity contribution in [3.05, 3.63) is 46.6 Å². The topological polar surface area (TPSA) is 58.6 Å². The van der Waals surface area contributed by atoms with Crippen LogP contribution in [-0.2, 0) is 0 Å². The number of aromatic amines is 1. The Morgan fingerprint density at radius 3 is 2.86 bits per heavy atom. The predicted octanol–water partition coefficient (Wildman–Crippen LogP) is 1.14. The Kier molecular flexibility index (Phi) is 2.10. The molecule has 0 aromatic carbocycles. The van der Waals surface area contributed by atoms with Crippen molar-refractivity contribution in [2.24, 2.45) is 0 Å². The molecule has 0 amide bonds. The molecule has 2 rings (SSSR count). The standard InChI is InChI=1S/C10H9N3O/c1-7-3-2-4-8(12-7)9-5-6-11-10(14)13-9/h2-6H,1H3,(H,11,13,14). The van der Waals surface area contributed by atoms with Gasteiger partial charge >= 0.3 is 5.69 Å². The third-order valence-electron chi connectivity index (χ3n) is 1.84. The van der Waals surface area contributed by atoms with E-state index in [0.29, 0.717) is 5.69 Å². The summed E-state index contributed by atoms with van der Waals surface area (Å²) in [6.45, 7) is 1.91. The number of pyridine rings is 1. The first-order valence-corrected chi connectivity index (χ1v) is 4.25. The van der Waals surface area contributed by atoms with E-state index < -0.39 is 0 Å². The molecular weight excluding hydrogens is 178 g/mol. The van der Waals surface area contributed by atoms with E-state index in [1.807, 2.05) is 25.1 Å². The van der Waals surface area contributed by atoms with Crippen molar-refractivity contribution in [1.82, 2.24) is 15.0 Å². The second-order valence-corrected chi connectivity index (χ2v) is 2.95. The van der Waals surface area contributed by atoms with Crippen LogP contribution < -0.4 is 5.69 Å². The molecule has 70 valence electrons. The predicted molar refractivity (Wildman–Crippen MR) is 52.8 cm³/mol. The Morgan fingerprint density at radius 2 is 2.14 bits per heavy atom. The Balaban J connectivity index is 2.55. The molecule has 0 spiro atoms. The number of nitrogens with one attached hydrogen (secondary N) is 1. The van der Waals surface area contributed by atoms with Crippen molar-refractivity contribution in [2.45, 2.75) is 6.92 Å². The molecule has 4 nitrogen and oxygen atoms in total. The van der Waals surface area contributed by atoms with E-state index in [0.717, 1.165) is 11.4 Å².